The number of aliphatic imine (C=N–C) groups is 1. The number of imide groups is 1. The number of ether oxygens (including phenoxy) is 4. The standard InChI is InChI=1S/C71H73N7O13/c1-42(2)55(30-54(79)17-7-6-12-24-75-65(81)22-23-66(75)82)67(83)74-44(4)61(80)27-45-18-20-46(21-19-45)39-91-71(87)78-59-33-64(63(88-5)31-57(59)69(85)77-38-52-16-11-9-14-50(52)29-60(77)70(78)86)90-41-48-26-47(34-72-35-48)40-89-62-32-58-56(25-43(62)3)68(84)76-37-51-15-10-8-13-49(51)28-53(76)36-73-58/h8-11,13-16,18-23,25-26,31-36,42,44,53,55,60,70,86H,6-7,12,17,24,27-30,37-41H2,1-5H3,(H,74,83)/t44-,53-,55-,60-,70?/m0/s1. The normalized spacial score (nSPS) is 17.8. The summed E-state index contributed by atoms with van der Waals surface area (Å²) in [6, 6.07) is 29.3. The second kappa shape index (κ2) is 27.5. The third-order valence-corrected chi connectivity index (χ3v) is 17.7. The van der Waals surface area contributed by atoms with Gasteiger partial charge < -0.3 is 39.2 Å². The van der Waals surface area contributed by atoms with E-state index in [1.54, 1.807) is 54.5 Å². The van der Waals surface area contributed by atoms with Crippen LogP contribution in [-0.2, 0) is 80.9 Å². The predicted octanol–water partition coefficient (Wildman–Crippen LogP) is 9.22. The Balaban J connectivity index is 0.728. The molecule has 11 rings (SSSR count). The molecule has 6 aromatic rings. The van der Waals surface area contributed by atoms with Gasteiger partial charge in [-0.2, -0.15) is 0 Å². The molecule has 6 heterocycles. The number of unbranched alkanes of at least 4 members (excludes halogenated alkanes) is 2. The highest BCUT2D eigenvalue weighted by Crippen LogP contribution is 2.43. The molecule has 0 spiro atoms. The number of methoxy groups -OCH3 is 1. The average Bonchev–Trinajstić information content (AvgIpc) is 1.68. The minimum Gasteiger partial charge on any atom is -0.493 e. The Morgan fingerprint density at radius 3 is 2.00 bits per heavy atom. The summed E-state index contributed by atoms with van der Waals surface area (Å²) in [4.78, 5) is 122. The van der Waals surface area contributed by atoms with Crippen LogP contribution in [0.3, 0.4) is 0 Å². The lowest BCUT2D eigenvalue weighted by Gasteiger charge is -2.39. The van der Waals surface area contributed by atoms with E-state index in [0.29, 0.717) is 65.9 Å². The summed E-state index contributed by atoms with van der Waals surface area (Å²) >= 11 is 0. The summed E-state index contributed by atoms with van der Waals surface area (Å²) in [6.07, 6.45) is 8.12. The number of carbonyl (C=O) groups excluding carboxylic acids is 8. The number of aliphatic hydroxyl groups is 1. The van der Waals surface area contributed by atoms with Gasteiger partial charge in [-0.15, -0.1) is 0 Å². The summed E-state index contributed by atoms with van der Waals surface area (Å²) < 4.78 is 24.6. The van der Waals surface area contributed by atoms with Crippen LogP contribution in [-0.4, -0.2) is 116 Å². The third kappa shape index (κ3) is 14.0. The number of hydrogen-bond acceptors (Lipinski definition) is 15. The van der Waals surface area contributed by atoms with Crippen LogP contribution in [0.5, 0.6) is 17.2 Å². The van der Waals surface area contributed by atoms with Crippen LogP contribution in [0.1, 0.15) is 124 Å². The molecular formula is C71H73N7O13. The van der Waals surface area contributed by atoms with Gasteiger partial charge in [-0.1, -0.05) is 93.1 Å². The maximum absolute atomic E-state index is 14.8. The Hall–Kier alpha value is -9.82. The molecule has 2 N–H and O–H groups in total. The highest BCUT2D eigenvalue weighted by molar-refractivity contribution is 6.13. The number of nitrogens with zero attached hydrogens (tertiary/aromatic N) is 6. The van der Waals surface area contributed by atoms with E-state index in [0.717, 1.165) is 32.7 Å². The van der Waals surface area contributed by atoms with Crippen LogP contribution in [0.2, 0.25) is 0 Å². The number of fused-ring (bicyclic) bond motifs is 6. The Labute approximate surface area is 527 Å². The van der Waals surface area contributed by atoms with E-state index < -0.39 is 36.2 Å². The first-order chi connectivity index (χ1) is 43.9. The van der Waals surface area contributed by atoms with Gasteiger partial charge in [0.2, 0.25) is 5.91 Å². The fraction of sp³-hybridized carbons (Fsp3) is 0.352. The van der Waals surface area contributed by atoms with E-state index in [2.05, 4.69) is 22.4 Å². The van der Waals surface area contributed by atoms with Gasteiger partial charge in [0.25, 0.3) is 23.6 Å². The number of pyridine rings is 1. The van der Waals surface area contributed by atoms with Crippen molar-refractivity contribution in [2.75, 3.05) is 18.6 Å². The maximum atomic E-state index is 14.8. The van der Waals surface area contributed by atoms with Crippen LogP contribution >= 0.6 is 0 Å². The van der Waals surface area contributed by atoms with E-state index in [1.807, 2.05) is 80.4 Å². The van der Waals surface area contributed by atoms with Crippen molar-refractivity contribution in [3.8, 4) is 17.2 Å². The minimum absolute atomic E-state index is 0.0135. The van der Waals surface area contributed by atoms with Crippen LogP contribution in [0.15, 0.2) is 133 Å². The van der Waals surface area contributed by atoms with Gasteiger partial charge in [-0.25, -0.2) is 9.69 Å². The van der Waals surface area contributed by atoms with Gasteiger partial charge in [0.05, 0.1) is 47.7 Å². The Kier molecular flexibility index (Phi) is 19.0. The van der Waals surface area contributed by atoms with Crippen molar-refractivity contribution in [1.82, 2.24) is 25.0 Å². The largest absolute Gasteiger partial charge is 0.493 e. The number of aryl methyl sites for hydroxylation is 1. The Morgan fingerprint density at radius 1 is 0.681 bits per heavy atom. The van der Waals surface area contributed by atoms with Crippen LogP contribution in [0, 0.1) is 18.8 Å². The molecule has 0 saturated carbocycles. The molecule has 5 aliphatic heterocycles. The van der Waals surface area contributed by atoms with Gasteiger partial charge >= 0.3 is 6.09 Å². The number of anilines is 1. The molecule has 91 heavy (non-hydrogen) atoms. The predicted molar refractivity (Wildman–Crippen MR) is 337 cm³/mol. The highest BCUT2D eigenvalue weighted by Gasteiger charge is 2.46. The summed E-state index contributed by atoms with van der Waals surface area (Å²) in [5.74, 6) is -1.79. The van der Waals surface area contributed by atoms with Crippen molar-refractivity contribution in [3.05, 3.63) is 189 Å². The molecule has 0 aliphatic carbocycles. The van der Waals surface area contributed by atoms with Crippen molar-refractivity contribution >= 4 is 64.8 Å². The quantitative estimate of drug-likeness (QED) is 0.0449. The first-order valence-electron chi connectivity index (χ1n) is 30.9. The van der Waals surface area contributed by atoms with Crippen molar-refractivity contribution in [1.29, 1.82) is 0 Å². The van der Waals surface area contributed by atoms with E-state index in [-0.39, 0.29) is 128 Å². The van der Waals surface area contributed by atoms with E-state index in [4.69, 9.17) is 23.9 Å². The number of benzene rings is 5. The smallest absolute Gasteiger partial charge is 0.416 e. The van der Waals surface area contributed by atoms with Crippen molar-refractivity contribution in [2.45, 2.75) is 136 Å². The van der Waals surface area contributed by atoms with Gasteiger partial charge in [0, 0.05) is 98.8 Å². The lowest BCUT2D eigenvalue weighted by molar-refractivity contribution is -0.137. The van der Waals surface area contributed by atoms with E-state index in [9.17, 15) is 43.5 Å². The number of amides is 6. The van der Waals surface area contributed by atoms with Crippen LogP contribution < -0.4 is 24.4 Å². The number of aromatic nitrogens is 1. The highest BCUT2D eigenvalue weighted by atomic mass is 16.6. The number of ketones is 2. The topological polar surface area (TPSA) is 244 Å². The summed E-state index contributed by atoms with van der Waals surface area (Å²) in [5.41, 5.74) is 8.74. The van der Waals surface area contributed by atoms with Gasteiger partial charge in [-0.05, 0) is 103 Å². The summed E-state index contributed by atoms with van der Waals surface area (Å²) in [5, 5.41) is 15.2. The molecule has 20 heteroatoms. The van der Waals surface area contributed by atoms with Crippen LogP contribution in [0.25, 0.3) is 0 Å². The summed E-state index contributed by atoms with van der Waals surface area (Å²) in [6.45, 7) is 8.06. The number of rotatable bonds is 23. The second-order valence-corrected chi connectivity index (χ2v) is 24.3. The summed E-state index contributed by atoms with van der Waals surface area (Å²) in [7, 11) is 1.44. The molecule has 5 aromatic carbocycles. The molecule has 20 nitrogen and oxygen atoms in total. The van der Waals surface area contributed by atoms with Gasteiger partial charge in [-0.3, -0.25) is 48.4 Å². The number of carbonyl (C=O) groups is 8. The fourth-order valence-electron chi connectivity index (χ4n) is 12.4. The molecule has 0 bridgehead atoms. The molecule has 5 aliphatic rings. The van der Waals surface area contributed by atoms with Gasteiger partial charge in [0.1, 0.15) is 31.4 Å². The lowest BCUT2D eigenvalue weighted by atomic mass is 9.88. The number of Topliss-reactive ketones (excluding diaryl/α,β-unsaturated/α-hetero) is 2. The molecular weight excluding hydrogens is 1160 g/mol. The van der Waals surface area contributed by atoms with Gasteiger partial charge in [0.15, 0.2) is 23.5 Å². The van der Waals surface area contributed by atoms with Crippen molar-refractivity contribution < 1.29 is 62.4 Å². The Morgan fingerprint density at radius 2 is 1.32 bits per heavy atom. The molecule has 1 unspecified atom stereocenters. The average molecular weight is 1230 g/mol. The zero-order valence-corrected chi connectivity index (χ0v) is 51.6. The zero-order valence-electron chi connectivity index (χ0n) is 51.6. The monoisotopic (exact) mass is 1230 g/mol. The van der Waals surface area contributed by atoms with E-state index >= 15 is 0 Å². The Bertz CT molecular complexity index is 3880. The first-order valence-corrected chi connectivity index (χ1v) is 30.9. The minimum atomic E-state index is -1.57. The number of aliphatic hydroxyl groups excluding tert-OH is 1. The van der Waals surface area contributed by atoms with Crippen molar-refractivity contribution in [3.63, 3.8) is 0 Å². The second-order valence-electron chi connectivity index (χ2n) is 24.3. The number of hydrogen-bond donors (Lipinski definition) is 2. The first kappa shape index (κ1) is 62.8. The third-order valence-electron chi connectivity index (χ3n) is 17.7. The molecule has 0 fully saturated rings. The zero-order chi connectivity index (χ0) is 64.0. The number of nitrogens with one attached hydrogen (secondary N) is 1. The maximum Gasteiger partial charge on any atom is 0.416 e. The van der Waals surface area contributed by atoms with Crippen LogP contribution in [0.4, 0.5) is 16.2 Å². The fourth-order valence-corrected chi connectivity index (χ4v) is 12.4. The molecule has 0 saturated heterocycles. The molecule has 5 atom stereocenters. The lowest BCUT2D eigenvalue weighted by Crippen LogP contribution is -2.55. The molecule has 6 amide bonds. The molecule has 470 valence electrons. The SMILES string of the molecule is COc1cc2c(cc1OCc1cncc(COc3cc4c(cc3C)C(=O)N3Cc5ccccc5C[C@H]3C=N4)c1)N(C(=O)OCc1ccc(CC(=O)[C@H](C)NC(=O)[C@@H](CC(=O)CCCCCN3C(=O)C=CC3=O)C(C)C)cc1)C(O)[C@@H]1Cc3ccccc3CN1C2=O. The van der Waals surface area contributed by atoms with Crippen molar-refractivity contribution in [2.24, 2.45) is 16.8 Å². The molecule has 1 aromatic heterocycles. The van der Waals surface area contributed by atoms with E-state index in [1.165, 1.54) is 41.9 Å². The molecule has 0 radical (unpaired) electrons.